The van der Waals surface area contributed by atoms with Crippen molar-refractivity contribution in [2.75, 3.05) is 6.54 Å². The molecule has 2 atom stereocenters. The third kappa shape index (κ3) is 4.41. The van der Waals surface area contributed by atoms with Crippen LogP contribution in [0.15, 0.2) is 6.33 Å². The Balaban J connectivity index is 2.55. The molecule has 0 radical (unpaired) electrons. The summed E-state index contributed by atoms with van der Waals surface area (Å²) in [5, 5.41) is 7.92. The second-order valence-electron chi connectivity index (χ2n) is 5.05. The van der Waals surface area contributed by atoms with Crippen LogP contribution >= 0.6 is 0 Å². The van der Waals surface area contributed by atoms with E-state index in [0.29, 0.717) is 12.0 Å². The largest absolute Gasteiger partial charge is 0.314 e. The molecule has 0 aliphatic heterocycles. The van der Waals surface area contributed by atoms with Gasteiger partial charge < -0.3 is 5.32 Å². The Labute approximate surface area is 111 Å². The number of hydrogen-bond acceptors (Lipinski definition) is 3. The maximum Gasteiger partial charge on any atom is 0.138 e. The fourth-order valence-electron chi connectivity index (χ4n) is 2.35. The topological polar surface area (TPSA) is 42.7 Å². The lowest BCUT2D eigenvalue weighted by Gasteiger charge is -2.23. The average Bonchev–Trinajstić information content (AvgIpc) is 2.78. The smallest absolute Gasteiger partial charge is 0.138 e. The number of aryl methyl sites for hydroxylation is 1. The first-order chi connectivity index (χ1) is 8.72. The summed E-state index contributed by atoms with van der Waals surface area (Å²) in [6.45, 7) is 11.0. The predicted molar refractivity (Wildman–Crippen MR) is 75.6 cm³/mol. The van der Waals surface area contributed by atoms with Crippen molar-refractivity contribution >= 4 is 0 Å². The highest BCUT2D eigenvalue weighted by Gasteiger charge is 2.17. The van der Waals surface area contributed by atoms with Crippen LogP contribution in [0.1, 0.15) is 52.8 Å². The first kappa shape index (κ1) is 15.2. The highest BCUT2D eigenvalue weighted by Crippen LogP contribution is 2.13. The van der Waals surface area contributed by atoms with Gasteiger partial charge in [-0.1, -0.05) is 27.7 Å². The molecule has 1 heterocycles. The zero-order valence-corrected chi connectivity index (χ0v) is 12.3. The molecule has 0 amide bonds. The Bertz CT molecular complexity index is 321. The number of hydrogen-bond donors (Lipinski definition) is 1. The molecule has 0 saturated carbocycles. The molecule has 4 nitrogen and oxygen atoms in total. The number of aromatic nitrogens is 3. The van der Waals surface area contributed by atoms with Crippen molar-refractivity contribution in [2.45, 2.75) is 66.0 Å². The van der Waals surface area contributed by atoms with Gasteiger partial charge in [0.25, 0.3) is 0 Å². The second kappa shape index (κ2) is 8.25. The van der Waals surface area contributed by atoms with Crippen molar-refractivity contribution in [3.63, 3.8) is 0 Å². The van der Waals surface area contributed by atoms with E-state index in [4.69, 9.17) is 0 Å². The summed E-state index contributed by atoms with van der Waals surface area (Å²) in [5.74, 6) is 1.72. The van der Waals surface area contributed by atoms with E-state index in [1.165, 1.54) is 12.8 Å². The molecule has 1 aromatic heterocycles. The van der Waals surface area contributed by atoms with Gasteiger partial charge in [0.05, 0.1) is 0 Å². The lowest BCUT2D eigenvalue weighted by Crippen LogP contribution is -2.36. The Kier molecular flexibility index (Phi) is 6.94. The maximum absolute atomic E-state index is 4.40. The fraction of sp³-hybridized carbons (Fsp3) is 0.857. The molecule has 0 fully saturated rings. The molecule has 1 aromatic rings. The highest BCUT2D eigenvalue weighted by atomic mass is 15.3. The van der Waals surface area contributed by atoms with Crippen LogP contribution in [0.4, 0.5) is 0 Å². The van der Waals surface area contributed by atoms with E-state index in [2.05, 4.69) is 43.1 Å². The molecular weight excluding hydrogens is 224 g/mol. The van der Waals surface area contributed by atoms with Gasteiger partial charge in [0.15, 0.2) is 0 Å². The minimum absolute atomic E-state index is 0.580. The summed E-state index contributed by atoms with van der Waals surface area (Å²) in [6.07, 6.45) is 6.15. The van der Waals surface area contributed by atoms with E-state index in [1.807, 2.05) is 4.68 Å². The van der Waals surface area contributed by atoms with E-state index in [0.717, 1.165) is 31.8 Å². The molecule has 1 N–H and O–H groups in total. The Morgan fingerprint density at radius 1 is 1.28 bits per heavy atom. The predicted octanol–water partition coefficient (Wildman–Crippen LogP) is 2.64. The van der Waals surface area contributed by atoms with Gasteiger partial charge in [-0.25, -0.2) is 4.98 Å². The molecule has 2 unspecified atom stereocenters. The molecule has 0 bridgehead atoms. The first-order valence-corrected chi connectivity index (χ1v) is 7.32. The van der Waals surface area contributed by atoms with Crippen molar-refractivity contribution in [2.24, 2.45) is 5.92 Å². The van der Waals surface area contributed by atoms with Crippen molar-refractivity contribution < 1.29 is 0 Å². The molecule has 18 heavy (non-hydrogen) atoms. The van der Waals surface area contributed by atoms with Gasteiger partial charge in [-0.05, 0) is 31.7 Å². The fourth-order valence-corrected chi connectivity index (χ4v) is 2.35. The Morgan fingerprint density at radius 2 is 2.06 bits per heavy atom. The van der Waals surface area contributed by atoms with Gasteiger partial charge in [0, 0.05) is 19.0 Å². The van der Waals surface area contributed by atoms with Gasteiger partial charge in [-0.2, -0.15) is 5.10 Å². The minimum Gasteiger partial charge on any atom is -0.314 e. The molecule has 0 saturated heterocycles. The van der Waals surface area contributed by atoms with E-state index in [1.54, 1.807) is 6.33 Å². The lowest BCUT2D eigenvalue weighted by molar-refractivity contribution is 0.354. The number of rotatable bonds is 9. The maximum atomic E-state index is 4.40. The average molecular weight is 252 g/mol. The van der Waals surface area contributed by atoms with E-state index in [-0.39, 0.29) is 0 Å². The van der Waals surface area contributed by atoms with Crippen molar-refractivity contribution in [1.29, 1.82) is 0 Å². The van der Waals surface area contributed by atoms with Crippen LogP contribution in [0.5, 0.6) is 0 Å². The zero-order valence-electron chi connectivity index (χ0n) is 12.3. The Hall–Kier alpha value is -0.900. The van der Waals surface area contributed by atoms with Gasteiger partial charge in [0.2, 0.25) is 0 Å². The summed E-state index contributed by atoms with van der Waals surface area (Å²) in [7, 11) is 0. The van der Waals surface area contributed by atoms with Gasteiger partial charge in [-0.3, -0.25) is 4.68 Å². The molecule has 0 spiro atoms. The summed E-state index contributed by atoms with van der Waals surface area (Å²) >= 11 is 0. The van der Waals surface area contributed by atoms with Crippen molar-refractivity contribution in [3.05, 3.63) is 12.2 Å². The second-order valence-corrected chi connectivity index (χ2v) is 5.05. The Morgan fingerprint density at radius 3 is 2.67 bits per heavy atom. The van der Waals surface area contributed by atoms with Crippen LogP contribution in [-0.4, -0.2) is 27.4 Å². The minimum atomic E-state index is 0.580. The van der Waals surface area contributed by atoms with Crippen LogP contribution in [0, 0.1) is 5.92 Å². The SMILES string of the molecule is CCCNC(CC)C(C)Cc1ncnn1CCC. The number of nitrogens with zero attached hydrogens (tertiary/aromatic N) is 3. The zero-order chi connectivity index (χ0) is 13.4. The highest BCUT2D eigenvalue weighted by molar-refractivity contribution is 4.89. The van der Waals surface area contributed by atoms with E-state index >= 15 is 0 Å². The van der Waals surface area contributed by atoms with E-state index in [9.17, 15) is 0 Å². The molecular formula is C14H28N4. The summed E-state index contributed by atoms with van der Waals surface area (Å²) < 4.78 is 2.04. The first-order valence-electron chi connectivity index (χ1n) is 7.32. The number of nitrogens with one attached hydrogen (secondary N) is 1. The summed E-state index contributed by atoms with van der Waals surface area (Å²) in [6, 6.07) is 0.580. The van der Waals surface area contributed by atoms with Gasteiger partial charge in [-0.15, -0.1) is 0 Å². The third-order valence-electron chi connectivity index (χ3n) is 3.42. The summed E-state index contributed by atoms with van der Waals surface area (Å²) in [5.41, 5.74) is 0. The van der Waals surface area contributed by atoms with Crippen LogP contribution in [0.2, 0.25) is 0 Å². The normalized spacial score (nSPS) is 14.7. The van der Waals surface area contributed by atoms with Gasteiger partial charge in [0.1, 0.15) is 12.2 Å². The molecule has 0 aromatic carbocycles. The van der Waals surface area contributed by atoms with Crippen molar-refractivity contribution in [1.82, 2.24) is 20.1 Å². The van der Waals surface area contributed by atoms with Gasteiger partial charge >= 0.3 is 0 Å². The monoisotopic (exact) mass is 252 g/mol. The summed E-state index contributed by atoms with van der Waals surface area (Å²) in [4.78, 5) is 4.40. The molecule has 104 valence electrons. The lowest BCUT2D eigenvalue weighted by atomic mass is 9.95. The van der Waals surface area contributed by atoms with Crippen LogP contribution in [-0.2, 0) is 13.0 Å². The van der Waals surface area contributed by atoms with Crippen LogP contribution in [0.3, 0.4) is 0 Å². The standard InChI is InChI=1S/C14H28N4/c1-5-8-15-13(7-3)12(4)10-14-16-11-17-18(14)9-6-2/h11-13,15H,5-10H2,1-4H3. The van der Waals surface area contributed by atoms with E-state index < -0.39 is 0 Å². The molecule has 0 aliphatic rings. The van der Waals surface area contributed by atoms with Crippen molar-refractivity contribution in [3.8, 4) is 0 Å². The quantitative estimate of drug-likeness (QED) is 0.734. The third-order valence-corrected chi connectivity index (χ3v) is 3.42. The molecule has 0 aliphatic carbocycles. The molecule has 4 heteroatoms. The van der Waals surface area contributed by atoms with Crippen LogP contribution in [0.25, 0.3) is 0 Å². The molecule has 1 rings (SSSR count). The van der Waals surface area contributed by atoms with Crippen LogP contribution < -0.4 is 5.32 Å².